The van der Waals surface area contributed by atoms with E-state index >= 15 is 0 Å². The van der Waals surface area contributed by atoms with Gasteiger partial charge >= 0.3 is 0 Å². The fourth-order valence-corrected chi connectivity index (χ4v) is 8.93. The Morgan fingerprint density at radius 2 is 1.69 bits per heavy atom. The van der Waals surface area contributed by atoms with E-state index in [-0.39, 0.29) is 0 Å². The smallest absolute Gasteiger partial charge is 0.146 e. The molecular formula is C13H18Cl2Si. The SMILES string of the molecule is C[Si](Cl)(Cl)C1CC2CC1C1C3C=CC(C3)C21. The Bertz CT molecular complexity index is 359. The summed E-state index contributed by atoms with van der Waals surface area (Å²) in [4.78, 5) is 0. The highest BCUT2D eigenvalue weighted by molar-refractivity contribution is 7.45. The Morgan fingerprint density at radius 1 is 1.00 bits per heavy atom. The summed E-state index contributed by atoms with van der Waals surface area (Å²) in [5.74, 6) is 5.62. The second-order valence-corrected chi connectivity index (χ2v) is 14.5. The van der Waals surface area contributed by atoms with Gasteiger partial charge < -0.3 is 0 Å². The van der Waals surface area contributed by atoms with E-state index in [1.807, 2.05) is 0 Å². The molecule has 3 saturated carbocycles. The maximum absolute atomic E-state index is 6.51. The van der Waals surface area contributed by atoms with Crippen LogP contribution in [0.5, 0.6) is 0 Å². The number of halogens is 2. The molecule has 0 radical (unpaired) electrons. The second kappa shape index (κ2) is 3.10. The summed E-state index contributed by atoms with van der Waals surface area (Å²) in [6, 6.07) is 0. The molecule has 3 heteroatoms. The first-order chi connectivity index (χ1) is 7.55. The maximum atomic E-state index is 6.51. The van der Waals surface area contributed by atoms with Gasteiger partial charge in [0.05, 0.1) is 0 Å². The molecule has 4 aliphatic rings. The van der Waals surface area contributed by atoms with E-state index < -0.39 is 6.69 Å². The lowest BCUT2D eigenvalue weighted by Gasteiger charge is -2.39. The summed E-state index contributed by atoms with van der Waals surface area (Å²) >= 11 is 13.0. The summed E-state index contributed by atoms with van der Waals surface area (Å²) in [6.45, 7) is 0.194. The molecule has 0 saturated heterocycles. The first kappa shape index (κ1) is 10.5. The van der Waals surface area contributed by atoms with Crippen molar-refractivity contribution in [3.63, 3.8) is 0 Å². The zero-order chi connectivity index (χ0) is 11.1. The van der Waals surface area contributed by atoms with Crippen LogP contribution in [0, 0.1) is 35.5 Å². The lowest BCUT2D eigenvalue weighted by atomic mass is 9.73. The fourth-order valence-electron chi connectivity index (χ4n) is 5.60. The van der Waals surface area contributed by atoms with Gasteiger partial charge in [-0.2, -0.15) is 0 Å². The third-order valence-electron chi connectivity index (χ3n) is 5.92. The molecule has 7 unspecified atom stereocenters. The zero-order valence-electron chi connectivity index (χ0n) is 9.57. The molecule has 4 aliphatic carbocycles. The van der Waals surface area contributed by atoms with Crippen LogP contribution < -0.4 is 0 Å². The predicted molar refractivity (Wildman–Crippen MR) is 71.0 cm³/mol. The van der Waals surface area contributed by atoms with E-state index in [9.17, 15) is 0 Å². The highest BCUT2D eigenvalue weighted by Crippen LogP contribution is 2.70. The van der Waals surface area contributed by atoms with Crippen molar-refractivity contribution in [2.24, 2.45) is 35.5 Å². The first-order valence-corrected chi connectivity index (χ1v) is 11.2. The molecule has 0 aliphatic heterocycles. The average Bonchev–Trinajstić information content (AvgIpc) is 2.94. The molecule has 0 N–H and O–H groups in total. The minimum Gasteiger partial charge on any atom is -0.146 e. The van der Waals surface area contributed by atoms with Gasteiger partial charge in [-0.1, -0.05) is 12.2 Å². The van der Waals surface area contributed by atoms with Gasteiger partial charge in [0.1, 0.15) is 0 Å². The molecule has 0 spiro atoms. The molecular weight excluding hydrogens is 255 g/mol. The number of rotatable bonds is 1. The molecule has 0 aromatic heterocycles. The van der Waals surface area contributed by atoms with Gasteiger partial charge in [0.25, 0.3) is 6.69 Å². The van der Waals surface area contributed by atoms with E-state index in [0.29, 0.717) is 5.54 Å². The van der Waals surface area contributed by atoms with Crippen LogP contribution in [0.3, 0.4) is 0 Å². The van der Waals surface area contributed by atoms with Gasteiger partial charge in [-0.15, -0.1) is 22.2 Å². The second-order valence-electron chi connectivity index (χ2n) is 6.56. The molecule has 0 aromatic rings. The summed E-state index contributed by atoms with van der Waals surface area (Å²) in [6.07, 6.45) is 9.22. The van der Waals surface area contributed by atoms with E-state index in [1.165, 1.54) is 19.3 Å². The monoisotopic (exact) mass is 272 g/mol. The molecule has 0 nitrogen and oxygen atoms in total. The minimum absolute atomic E-state index is 0.690. The van der Waals surface area contributed by atoms with Crippen LogP contribution >= 0.6 is 22.2 Å². The Morgan fingerprint density at radius 3 is 2.38 bits per heavy atom. The van der Waals surface area contributed by atoms with Crippen molar-refractivity contribution in [3.8, 4) is 0 Å². The largest absolute Gasteiger partial charge is 0.251 e. The highest BCUT2D eigenvalue weighted by Gasteiger charge is 2.63. The number of hydrogen-bond acceptors (Lipinski definition) is 0. The summed E-state index contributed by atoms with van der Waals surface area (Å²) in [5.41, 5.74) is 0.690. The topological polar surface area (TPSA) is 0 Å². The van der Waals surface area contributed by atoms with Gasteiger partial charge in [0.2, 0.25) is 0 Å². The van der Waals surface area contributed by atoms with Crippen LogP contribution in [0.4, 0.5) is 0 Å². The Kier molecular flexibility index (Phi) is 2.03. The number of allylic oxidation sites excluding steroid dienone is 2. The molecule has 0 amide bonds. The average molecular weight is 273 g/mol. The molecule has 0 aromatic carbocycles. The molecule has 7 atom stereocenters. The van der Waals surface area contributed by atoms with Crippen molar-refractivity contribution in [2.75, 3.05) is 0 Å². The van der Waals surface area contributed by atoms with Crippen molar-refractivity contribution in [3.05, 3.63) is 12.2 Å². The molecule has 16 heavy (non-hydrogen) atoms. The molecule has 4 rings (SSSR count). The van der Waals surface area contributed by atoms with Crippen molar-refractivity contribution in [1.82, 2.24) is 0 Å². The van der Waals surface area contributed by atoms with Crippen LogP contribution in [0.15, 0.2) is 12.2 Å². The maximum Gasteiger partial charge on any atom is 0.251 e. The van der Waals surface area contributed by atoms with Crippen molar-refractivity contribution < 1.29 is 0 Å². The van der Waals surface area contributed by atoms with E-state index in [2.05, 4.69) is 18.7 Å². The van der Waals surface area contributed by atoms with E-state index in [1.54, 1.807) is 0 Å². The molecule has 3 fully saturated rings. The van der Waals surface area contributed by atoms with Crippen LogP contribution in [-0.2, 0) is 0 Å². The van der Waals surface area contributed by atoms with E-state index in [0.717, 1.165) is 35.5 Å². The van der Waals surface area contributed by atoms with E-state index in [4.69, 9.17) is 22.2 Å². The standard InChI is InChI=1S/C13H18Cl2Si/c1-16(14,15)11-6-9-5-10(11)13-8-3-2-7(4-8)12(9)13/h2-3,7-13H,4-6H2,1H3. The van der Waals surface area contributed by atoms with Gasteiger partial charge in [-0.05, 0) is 66.9 Å². The van der Waals surface area contributed by atoms with Crippen molar-refractivity contribution in [1.29, 1.82) is 0 Å². The van der Waals surface area contributed by atoms with Crippen LogP contribution in [-0.4, -0.2) is 6.69 Å². The minimum atomic E-state index is -1.94. The third-order valence-corrected chi connectivity index (χ3v) is 9.57. The summed E-state index contributed by atoms with van der Waals surface area (Å²) in [7, 11) is 0. The summed E-state index contributed by atoms with van der Waals surface area (Å²) in [5, 5.41) is 0. The third kappa shape index (κ3) is 1.18. The van der Waals surface area contributed by atoms with Crippen LogP contribution in [0.1, 0.15) is 19.3 Å². The molecule has 88 valence electrons. The van der Waals surface area contributed by atoms with Crippen LogP contribution in [0.2, 0.25) is 12.1 Å². The fraction of sp³-hybridized carbons (Fsp3) is 0.846. The van der Waals surface area contributed by atoms with Gasteiger partial charge in [0, 0.05) is 0 Å². The van der Waals surface area contributed by atoms with Gasteiger partial charge in [-0.25, -0.2) is 0 Å². The normalized spacial score (nSPS) is 57.3. The Hall–Kier alpha value is 0.537. The van der Waals surface area contributed by atoms with Crippen molar-refractivity contribution >= 4 is 28.9 Å². The van der Waals surface area contributed by atoms with Gasteiger partial charge in [0.15, 0.2) is 0 Å². The van der Waals surface area contributed by atoms with Gasteiger partial charge in [-0.3, -0.25) is 0 Å². The van der Waals surface area contributed by atoms with Crippen molar-refractivity contribution in [2.45, 2.75) is 31.4 Å². The highest BCUT2D eigenvalue weighted by atomic mass is 35.7. The lowest BCUT2D eigenvalue weighted by Crippen LogP contribution is -2.36. The molecule has 4 bridgehead atoms. The first-order valence-electron chi connectivity index (χ1n) is 6.62. The Labute approximate surface area is 108 Å². The molecule has 0 heterocycles. The quantitative estimate of drug-likeness (QED) is 0.288. The zero-order valence-corrected chi connectivity index (χ0v) is 12.1. The summed E-state index contributed by atoms with van der Waals surface area (Å²) < 4.78 is 0. The van der Waals surface area contributed by atoms with Crippen LogP contribution in [0.25, 0.3) is 0 Å². The number of fused-ring (bicyclic) bond motifs is 9. The Balaban J connectivity index is 1.68. The number of hydrogen-bond donors (Lipinski definition) is 0. The lowest BCUT2D eigenvalue weighted by molar-refractivity contribution is 0.205. The predicted octanol–water partition coefficient (Wildman–Crippen LogP) is 4.38.